The van der Waals surface area contributed by atoms with Gasteiger partial charge in [0.05, 0.1) is 0 Å². The molecule has 0 fully saturated rings. The van der Waals surface area contributed by atoms with Crippen LogP contribution < -0.4 is 0 Å². The highest BCUT2D eigenvalue weighted by Crippen LogP contribution is 2.17. The fourth-order valence-corrected chi connectivity index (χ4v) is 4.04. The lowest BCUT2D eigenvalue weighted by molar-refractivity contribution is 0.125. The lowest BCUT2D eigenvalue weighted by Crippen LogP contribution is -1.97. The van der Waals surface area contributed by atoms with Crippen LogP contribution in [0.2, 0.25) is 0 Å². The first-order chi connectivity index (χ1) is 16.4. The smallest absolute Gasteiger partial charge is 0.0466 e. The SMILES string of the molecule is CCCCCCCCCCOCCCCCCCCCC.c1ccc(-c2ccccc2)cc1. The molecule has 0 spiro atoms. The molecule has 33 heavy (non-hydrogen) atoms. The van der Waals surface area contributed by atoms with Gasteiger partial charge < -0.3 is 4.74 Å². The summed E-state index contributed by atoms with van der Waals surface area (Å²) in [5.74, 6) is 0. The second kappa shape index (κ2) is 23.6. The molecule has 2 aromatic carbocycles. The van der Waals surface area contributed by atoms with Crippen molar-refractivity contribution in [2.75, 3.05) is 13.2 Å². The Balaban J connectivity index is 0.000000377. The van der Waals surface area contributed by atoms with Crippen molar-refractivity contribution in [3.05, 3.63) is 60.7 Å². The van der Waals surface area contributed by atoms with Crippen LogP contribution in [0.3, 0.4) is 0 Å². The molecular formula is C32H52O. The second-order valence-electron chi connectivity index (χ2n) is 9.29. The van der Waals surface area contributed by atoms with E-state index in [0.29, 0.717) is 0 Å². The van der Waals surface area contributed by atoms with E-state index in [1.807, 2.05) is 12.1 Å². The van der Waals surface area contributed by atoms with Gasteiger partial charge in [0.1, 0.15) is 0 Å². The zero-order chi connectivity index (χ0) is 23.7. The maximum Gasteiger partial charge on any atom is 0.0466 e. The summed E-state index contributed by atoms with van der Waals surface area (Å²) in [6.07, 6.45) is 22.2. The summed E-state index contributed by atoms with van der Waals surface area (Å²) in [4.78, 5) is 0. The van der Waals surface area contributed by atoms with Crippen LogP contribution in [0.25, 0.3) is 11.1 Å². The van der Waals surface area contributed by atoms with E-state index in [2.05, 4.69) is 62.4 Å². The quantitative estimate of drug-likeness (QED) is 0.193. The maximum absolute atomic E-state index is 5.72. The van der Waals surface area contributed by atoms with Gasteiger partial charge in [-0.25, -0.2) is 0 Å². The van der Waals surface area contributed by atoms with Gasteiger partial charge >= 0.3 is 0 Å². The fraction of sp³-hybridized carbons (Fsp3) is 0.625. The van der Waals surface area contributed by atoms with E-state index in [4.69, 9.17) is 4.74 Å². The normalized spacial score (nSPS) is 10.6. The van der Waals surface area contributed by atoms with Gasteiger partial charge in [0.2, 0.25) is 0 Å². The van der Waals surface area contributed by atoms with Crippen molar-refractivity contribution >= 4 is 0 Å². The Bertz CT molecular complexity index is 551. The van der Waals surface area contributed by atoms with Crippen LogP contribution in [0, 0.1) is 0 Å². The number of hydrogen-bond acceptors (Lipinski definition) is 1. The van der Waals surface area contributed by atoms with Gasteiger partial charge in [-0.1, -0.05) is 164 Å². The first kappa shape index (κ1) is 29.4. The van der Waals surface area contributed by atoms with Crippen LogP contribution in [-0.4, -0.2) is 13.2 Å². The summed E-state index contributed by atoms with van der Waals surface area (Å²) in [6, 6.07) is 20.8. The van der Waals surface area contributed by atoms with Crippen molar-refractivity contribution in [1.82, 2.24) is 0 Å². The first-order valence-corrected chi connectivity index (χ1v) is 14.1. The van der Waals surface area contributed by atoms with Crippen molar-refractivity contribution in [3.8, 4) is 11.1 Å². The molecule has 2 aromatic rings. The summed E-state index contributed by atoms with van der Waals surface area (Å²) in [7, 11) is 0. The molecule has 0 heterocycles. The molecule has 0 N–H and O–H groups in total. The lowest BCUT2D eigenvalue weighted by atomic mass is 10.1. The van der Waals surface area contributed by atoms with Gasteiger partial charge in [0.15, 0.2) is 0 Å². The summed E-state index contributed by atoms with van der Waals surface area (Å²) in [5.41, 5.74) is 2.55. The van der Waals surface area contributed by atoms with Crippen LogP contribution in [0.4, 0.5) is 0 Å². The van der Waals surface area contributed by atoms with Gasteiger partial charge in [-0.3, -0.25) is 0 Å². The number of benzene rings is 2. The summed E-state index contributed by atoms with van der Waals surface area (Å²) >= 11 is 0. The Morgan fingerprint density at radius 1 is 0.394 bits per heavy atom. The number of unbranched alkanes of at least 4 members (excludes halogenated alkanes) is 14. The van der Waals surface area contributed by atoms with E-state index < -0.39 is 0 Å². The van der Waals surface area contributed by atoms with Crippen molar-refractivity contribution in [3.63, 3.8) is 0 Å². The molecule has 0 unspecified atom stereocenters. The Morgan fingerprint density at radius 2 is 0.697 bits per heavy atom. The highest BCUT2D eigenvalue weighted by molar-refractivity contribution is 5.62. The minimum Gasteiger partial charge on any atom is -0.381 e. The molecule has 0 aromatic heterocycles. The molecule has 0 saturated heterocycles. The second-order valence-corrected chi connectivity index (χ2v) is 9.29. The third-order valence-electron chi connectivity index (χ3n) is 6.17. The van der Waals surface area contributed by atoms with E-state index in [9.17, 15) is 0 Å². The van der Waals surface area contributed by atoms with Crippen LogP contribution in [0.5, 0.6) is 0 Å². The third-order valence-corrected chi connectivity index (χ3v) is 6.17. The molecule has 186 valence electrons. The van der Waals surface area contributed by atoms with Crippen LogP contribution in [0.15, 0.2) is 60.7 Å². The van der Waals surface area contributed by atoms with Crippen LogP contribution in [0.1, 0.15) is 117 Å². The molecule has 1 heteroatoms. The maximum atomic E-state index is 5.72. The number of rotatable bonds is 19. The van der Waals surface area contributed by atoms with E-state index in [1.165, 1.54) is 114 Å². The van der Waals surface area contributed by atoms with Gasteiger partial charge in [0, 0.05) is 13.2 Å². The zero-order valence-electron chi connectivity index (χ0n) is 21.9. The van der Waals surface area contributed by atoms with Gasteiger partial charge in [-0.05, 0) is 24.0 Å². The van der Waals surface area contributed by atoms with Gasteiger partial charge in [-0.15, -0.1) is 0 Å². The Morgan fingerprint density at radius 3 is 1.03 bits per heavy atom. The summed E-state index contributed by atoms with van der Waals surface area (Å²) < 4.78 is 5.72. The average molecular weight is 453 g/mol. The number of hydrogen-bond donors (Lipinski definition) is 0. The van der Waals surface area contributed by atoms with Crippen molar-refractivity contribution < 1.29 is 4.74 Å². The molecule has 0 saturated carbocycles. The number of ether oxygens (including phenoxy) is 1. The topological polar surface area (TPSA) is 9.23 Å². The standard InChI is InChI=1S/C20H42O.C12H10/c1-3-5-7-9-11-13-15-17-19-21-20-18-16-14-12-10-8-6-4-2;1-3-7-11(8-4-1)12-9-5-2-6-10-12/h3-20H2,1-2H3;1-10H. The molecule has 0 amide bonds. The van der Waals surface area contributed by atoms with E-state index >= 15 is 0 Å². The zero-order valence-corrected chi connectivity index (χ0v) is 21.9. The molecule has 0 aliphatic rings. The van der Waals surface area contributed by atoms with Crippen molar-refractivity contribution in [2.24, 2.45) is 0 Å². The highest BCUT2D eigenvalue weighted by Gasteiger charge is 1.94. The minimum absolute atomic E-state index is 0.992. The average Bonchev–Trinajstić information content (AvgIpc) is 2.87. The van der Waals surface area contributed by atoms with Gasteiger partial charge in [-0.2, -0.15) is 0 Å². The monoisotopic (exact) mass is 452 g/mol. The predicted octanol–water partition coefficient (Wildman–Crippen LogP) is 10.6. The summed E-state index contributed by atoms with van der Waals surface area (Å²) in [5, 5.41) is 0. The van der Waals surface area contributed by atoms with E-state index in [1.54, 1.807) is 0 Å². The van der Waals surface area contributed by atoms with Crippen LogP contribution >= 0.6 is 0 Å². The molecule has 0 bridgehead atoms. The Kier molecular flexibility index (Phi) is 21.0. The highest BCUT2D eigenvalue weighted by atomic mass is 16.5. The molecule has 0 aliphatic carbocycles. The fourth-order valence-electron chi connectivity index (χ4n) is 4.04. The lowest BCUT2D eigenvalue weighted by Gasteiger charge is -2.05. The molecule has 1 nitrogen and oxygen atoms in total. The Hall–Kier alpha value is -1.60. The molecule has 0 atom stereocenters. The predicted molar refractivity (Wildman–Crippen MR) is 148 cm³/mol. The molecule has 0 radical (unpaired) electrons. The molecule has 2 rings (SSSR count). The molecule has 0 aliphatic heterocycles. The van der Waals surface area contributed by atoms with Crippen molar-refractivity contribution in [2.45, 2.75) is 117 Å². The summed E-state index contributed by atoms with van der Waals surface area (Å²) in [6.45, 7) is 6.55. The van der Waals surface area contributed by atoms with Crippen LogP contribution in [-0.2, 0) is 4.74 Å². The molecular weight excluding hydrogens is 400 g/mol. The third kappa shape index (κ3) is 18.5. The first-order valence-electron chi connectivity index (χ1n) is 14.1. The van der Waals surface area contributed by atoms with E-state index in [0.717, 1.165) is 13.2 Å². The Labute approximate surface area is 206 Å². The minimum atomic E-state index is 0.992. The largest absolute Gasteiger partial charge is 0.381 e. The van der Waals surface area contributed by atoms with E-state index in [-0.39, 0.29) is 0 Å². The van der Waals surface area contributed by atoms with Crippen molar-refractivity contribution in [1.29, 1.82) is 0 Å². The van der Waals surface area contributed by atoms with Gasteiger partial charge in [0.25, 0.3) is 0 Å².